The van der Waals surface area contributed by atoms with Crippen LogP contribution in [0.15, 0.2) is 24.3 Å². The normalized spacial score (nSPS) is 18.7. The molecule has 0 fully saturated rings. The van der Waals surface area contributed by atoms with E-state index >= 15 is 0 Å². The minimum atomic E-state index is 0.145. The molecule has 1 atom stereocenters. The van der Waals surface area contributed by atoms with Gasteiger partial charge in [-0.25, -0.2) is 0 Å². The molecule has 0 bridgehead atoms. The molecule has 0 saturated carbocycles. The first-order chi connectivity index (χ1) is 8.66. The number of nitrogens with two attached hydrogens (primary N) is 1. The summed E-state index contributed by atoms with van der Waals surface area (Å²) < 4.78 is 5.86. The van der Waals surface area contributed by atoms with Crippen LogP contribution in [0.2, 0.25) is 0 Å². The summed E-state index contributed by atoms with van der Waals surface area (Å²) in [6, 6.07) is 8.48. The lowest BCUT2D eigenvalue weighted by atomic mass is 9.97. The summed E-state index contributed by atoms with van der Waals surface area (Å²) >= 11 is 0. The van der Waals surface area contributed by atoms with Gasteiger partial charge in [-0.15, -0.1) is 0 Å². The number of hydrogen-bond donors (Lipinski definition) is 2. The smallest absolute Gasteiger partial charge is 0.0954 e. The molecule has 1 aliphatic heterocycles. The van der Waals surface area contributed by atoms with Crippen LogP contribution < -0.4 is 5.73 Å². The fraction of sp³-hybridized carbons (Fsp3) is 0.500. The quantitative estimate of drug-likeness (QED) is 0.613. The summed E-state index contributed by atoms with van der Waals surface area (Å²) in [4.78, 5) is 2.17. The first-order valence-corrected chi connectivity index (χ1v) is 6.37. The van der Waals surface area contributed by atoms with Crippen LogP contribution in [0.5, 0.6) is 0 Å². The molecule has 1 aromatic rings. The SMILES string of the molecule is CN(CCC(=N)N)CC1OCCc2ccccc21. The molecule has 18 heavy (non-hydrogen) atoms. The Balaban J connectivity index is 1.96. The van der Waals surface area contributed by atoms with Crippen LogP contribution in [0.4, 0.5) is 0 Å². The molecule has 0 amide bonds. The molecule has 2 rings (SSSR count). The van der Waals surface area contributed by atoms with Gasteiger partial charge in [0.25, 0.3) is 0 Å². The molecule has 0 radical (unpaired) electrons. The highest BCUT2D eigenvalue weighted by molar-refractivity contribution is 5.76. The van der Waals surface area contributed by atoms with Gasteiger partial charge in [-0.2, -0.15) is 0 Å². The third-order valence-electron chi connectivity index (χ3n) is 3.33. The Kier molecular flexibility index (Phi) is 4.33. The lowest BCUT2D eigenvalue weighted by Gasteiger charge is -2.29. The molecule has 3 N–H and O–H groups in total. The average Bonchev–Trinajstić information content (AvgIpc) is 2.37. The third kappa shape index (κ3) is 3.31. The van der Waals surface area contributed by atoms with Gasteiger partial charge in [0.15, 0.2) is 0 Å². The Morgan fingerprint density at radius 3 is 3.06 bits per heavy atom. The largest absolute Gasteiger partial charge is 0.388 e. The van der Waals surface area contributed by atoms with E-state index in [1.54, 1.807) is 0 Å². The van der Waals surface area contributed by atoms with Crippen molar-refractivity contribution in [2.75, 3.05) is 26.7 Å². The lowest BCUT2D eigenvalue weighted by Crippen LogP contribution is -2.31. The van der Waals surface area contributed by atoms with E-state index in [1.165, 1.54) is 11.1 Å². The molecular formula is C14H21N3O. The topological polar surface area (TPSA) is 62.3 Å². The zero-order valence-electron chi connectivity index (χ0n) is 10.9. The van der Waals surface area contributed by atoms with E-state index in [4.69, 9.17) is 15.9 Å². The summed E-state index contributed by atoms with van der Waals surface area (Å²) in [5.74, 6) is 0.242. The first-order valence-electron chi connectivity index (χ1n) is 6.37. The van der Waals surface area contributed by atoms with Gasteiger partial charge in [0.1, 0.15) is 0 Å². The maximum absolute atomic E-state index is 7.24. The van der Waals surface area contributed by atoms with Gasteiger partial charge in [-0.1, -0.05) is 24.3 Å². The summed E-state index contributed by atoms with van der Waals surface area (Å²) in [6.45, 7) is 2.45. The maximum atomic E-state index is 7.24. The molecule has 1 aliphatic rings. The van der Waals surface area contributed by atoms with Crippen molar-refractivity contribution in [2.45, 2.75) is 18.9 Å². The lowest BCUT2D eigenvalue weighted by molar-refractivity contribution is 0.0215. The molecule has 1 heterocycles. The predicted octanol–water partition coefficient (Wildman–Crippen LogP) is 1.56. The van der Waals surface area contributed by atoms with Gasteiger partial charge in [-0.05, 0) is 24.6 Å². The van der Waals surface area contributed by atoms with Crippen molar-refractivity contribution in [3.05, 3.63) is 35.4 Å². The van der Waals surface area contributed by atoms with Crippen molar-refractivity contribution in [3.8, 4) is 0 Å². The van der Waals surface area contributed by atoms with Crippen LogP contribution in [0.3, 0.4) is 0 Å². The summed E-state index contributed by atoms with van der Waals surface area (Å²) in [7, 11) is 2.05. The molecule has 98 valence electrons. The van der Waals surface area contributed by atoms with Crippen molar-refractivity contribution in [1.82, 2.24) is 4.90 Å². The van der Waals surface area contributed by atoms with Crippen molar-refractivity contribution >= 4 is 5.84 Å². The number of benzene rings is 1. The Morgan fingerprint density at radius 2 is 2.28 bits per heavy atom. The number of rotatable bonds is 5. The Bertz CT molecular complexity index is 419. The number of hydrogen-bond acceptors (Lipinski definition) is 3. The molecule has 4 nitrogen and oxygen atoms in total. The molecule has 0 aromatic heterocycles. The van der Waals surface area contributed by atoms with Gasteiger partial charge in [0.2, 0.25) is 0 Å². The van der Waals surface area contributed by atoms with Crippen LogP contribution >= 0.6 is 0 Å². The molecule has 1 aromatic carbocycles. The van der Waals surface area contributed by atoms with E-state index in [1.807, 2.05) is 7.05 Å². The molecule has 1 unspecified atom stereocenters. The van der Waals surface area contributed by atoms with Crippen LogP contribution in [-0.4, -0.2) is 37.5 Å². The molecule has 0 aliphatic carbocycles. The van der Waals surface area contributed by atoms with Gasteiger partial charge >= 0.3 is 0 Å². The first kappa shape index (κ1) is 13.1. The van der Waals surface area contributed by atoms with Gasteiger partial charge in [-0.3, -0.25) is 5.41 Å². The van der Waals surface area contributed by atoms with Crippen molar-refractivity contribution in [3.63, 3.8) is 0 Å². The Hall–Kier alpha value is -1.39. The average molecular weight is 247 g/mol. The zero-order chi connectivity index (χ0) is 13.0. The third-order valence-corrected chi connectivity index (χ3v) is 3.33. The number of ether oxygens (including phenoxy) is 1. The monoisotopic (exact) mass is 247 g/mol. The summed E-state index contributed by atoms with van der Waals surface area (Å²) in [6.07, 6.45) is 1.77. The summed E-state index contributed by atoms with van der Waals surface area (Å²) in [5.41, 5.74) is 8.08. The summed E-state index contributed by atoms with van der Waals surface area (Å²) in [5, 5.41) is 7.24. The fourth-order valence-electron chi connectivity index (χ4n) is 2.31. The predicted molar refractivity (Wildman–Crippen MR) is 72.9 cm³/mol. The fourth-order valence-corrected chi connectivity index (χ4v) is 2.31. The van der Waals surface area contributed by atoms with Crippen molar-refractivity contribution in [1.29, 1.82) is 5.41 Å². The highest BCUT2D eigenvalue weighted by atomic mass is 16.5. The highest BCUT2D eigenvalue weighted by Crippen LogP contribution is 2.27. The number of nitrogens with one attached hydrogen (secondary N) is 1. The van der Waals surface area contributed by atoms with Gasteiger partial charge < -0.3 is 15.4 Å². The van der Waals surface area contributed by atoms with E-state index in [-0.39, 0.29) is 11.9 Å². The van der Waals surface area contributed by atoms with E-state index in [0.717, 1.165) is 26.1 Å². The number of nitrogens with zero attached hydrogens (tertiary/aromatic N) is 1. The number of amidine groups is 1. The van der Waals surface area contributed by atoms with E-state index in [9.17, 15) is 0 Å². The van der Waals surface area contributed by atoms with Gasteiger partial charge in [0.05, 0.1) is 18.5 Å². The molecule has 0 spiro atoms. The Morgan fingerprint density at radius 1 is 1.50 bits per heavy atom. The van der Waals surface area contributed by atoms with Crippen LogP contribution in [0.1, 0.15) is 23.7 Å². The second kappa shape index (κ2) is 5.98. The van der Waals surface area contributed by atoms with Crippen molar-refractivity contribution < 1.29 is 4.74 Å². The Labute approximate surface area is 108 Å². The van der Waals surface area contributed by atoms with Crippen LogP contribution in [-0.2, 0) is 11.2 Å². The number of likely N-dealkylation sites (N-methyl/N-ethyl adjacent to an activating group) is 1. The number of fused-ring (bicyclic) bond motifs is 1. The van der Waals surface area contributed by atoms with E-state index < -0.39 is 0 Å². The second-order valence-corrected chi connectivity index (χ2v) is 4.85. The van der Waals surface area contributed by atoms with Crippen LogP contribution in [0.25, 0.3) is 0 Å². The minimum Gasteiger partial charge on any atom is -0.388 e. The second-order valence-electron chi connectivity index (χ2n) is 4.85. The van der Waals surface area contributed by atoms with Crippen molar-refractivity contribution in [2.24, 2.45) is 5.73 Å². The van der Waals surface area contributed by atoms with Crippen LogP contribution in [0, 0.1) is 5.41 Å². The molecule has 4 heteroatoms. The minimum absolute atomic E-state index is 0.145. The maximum Gasteiger partial charge on any atom is 0.0954 e. The van der Waals surface area contributed by atoms with E-state index in [2.05, 4.69) is 29.2 Å². The van der Waals surface area contributed by atoms with Gasteiger partial charge in [0, 0.05) is 19.5 Å². The standard InChI is InChI=1S/C14H21N3O/c1-17(8-6-14(15)16)10-13-12-5-3-2-4-11(12)7-9-18-13/h2-5,13H,6-10H2,1H3,(H3,15,16). The zero-order valence-corrected chi connectivity index (χ0v) is 10.9. The molecule has 0 saturated heterocycles. The molecular weight excluding hydrogens is 226 g/mol. The highest BCUT2D eigenvalue weighted by Gasteiger charge is 2.21. The van der Waals surface area contributed by atoms with E-state index in [0.29, 0.717) is 6.42 Å².